The summed E-state index contributed by atoms with van der Waals surface area (Å²) in [5, 5.41) is 9.64. The van der Waals surface area contributed by atoms with E-state index in [9.17, 15) is 9.90 Å². The fraction of sp³-hybridized carbons (Fsp3) is 0.667. The highest BCUT2D eigenvalue weighted by atomic mass is 35.5. The Bertz CT molecular complexity index is 1240. The number of nitrogens with zero attached hydrogens (tertiary/aromatic N) is 5. The molecule has 0 unspecified atom stereocenters. The minimum Gasteiger partial charge on any atom is -0.475 e. The Morgan fingerprint density at radius 1 is 1.25 bits per heavy atom. The zero-order valence-corrected chi connectivity index (χ0v) is 21.2. The van der Waals surface area contributed by atoms with Gasteiger partial charge in [0, 0.05) is 12.0 Å². The van der Waals surface area contributed by atoms with Gasteiger partial charge in [-0.15, -0.1) is 0 Å². The summed E-state index contributed by atoms with van der Waals surface area (Å²) in [6.45, 7) is 6.47. The molecule has 0 radical (unpaired) electrons. The number of halogens is 2. The van der Waals surface area contributed by atoms with E-state index in [2.05, 4.69) is 19.9 Å². The van der Waals surface area contributed by atoms with Crippen molar-refractivity contribution in [2.75, 3.05) is 31.3 Å². The number of amides is 1. The number of aromatic nitrogens is 3. The largest absolute Gasteiger partial charge is 0.475 e. The molecule has 2 aromatic heterocycles. The molecule has 36 heavy (non-hydrogen) atoms. The Labute approximate surface area is 212 Å². The second kappa shape index (κ2) is 8.17. The fourth-order valence-corrected chi connectivity index (χ4v) is 5.61. The minimum atomic E-state index is -0.773. The Morgan fingerprint density at radius 3 is 2.72 bits per heavy atom. The van der Waals surface area contributed by atoms with Gasteiger partial charge in [-0.05, 0) is 46.5 Å². The first-order valence-corrected chi connectivity index (χ1v) is 12.7. The lowest BCUT2D eigenvalue weighted by atomic mass is 10.0. The van der Waals surface area contributed by atoms with E-state index in [-0.39, 0.29) is 72.0 Å². The molecule has 0 spiro atoms. The molecule has 4 aliphatic rings. The normalized spacial score (nSPS) is 25.8. The summed E-state index contributed by atoms with van der Waals surface area (Å²) < 4.78 is 32.8. The lowest BCUT2D eigenvalue weighted by Gasteiger charge is -2.46. The van der Waals surface area contributed by atoms with Crippen LogP contribution in [0.15, 0.2) is 0 Å². The number of fused-ring (bicyclic) bond motifs is 5. The zero-order chi connectivity index (χ0) is 25.4. The monoisotopic (exact) mass is 521 g/mol. The van der Waals surface area contributed by atoms with Crippen molar-refractivity contribution >= 4 is 34.4 Å². The molecule has 3 atom stereocenters. The van der Waals surface area contributed by atoms with Gasteiger partial charge >= 0.3 is 12.1 Å². The van der Waals surface area contributed by atoms with Gasteiger partial charge in [-0.1, -0.05) is 11.6 Å². The molecule has 10 nitrogen and oxygen atoms in total. The van der Waals surface area contributed by atoms with E-state index in [4.69, 9.17) is 25.8 Å². The Kier molecular flexibility index (Phi) is 5.39. The highest BCUT2D eigenvalue weighted by Crippen LogP contribution is 2.47. The average molecular weight is 522 g/mol. The van der Waals surface area contributed by atoms with Gasteiger partial charge in [-0.2, -0.15) is 15.0 Å². The van der Waals surface area contributed by atoms with Crippen LogP contribution in [0.2, 0.25) is 5.15 Å². The van der Waals surface area contributed by atoms with Crippen molar-refractivity contribution in [2.24, 2.45) is 5.41 Å². The van der Waals surface area contributed by atoms with Crippen LogP contribution in [-0.2, 0) is 4.74 Å². The van der Waals surface area contributed by atoms with Gasteiger partial charge in [0.1, 0.15) is 28.9 Å². The SMILES string of the molecule is CC(C)(C)OC(=O)N1[C@@H]2CC[C@H]1[C@H]1COc3nc(Cl)c(F)c4nc(OCC5(CO)CC5)nc(c34)N1C2. The number of hydrogen-bond acceptors (Lipinski definition) is 9. The van der Waals surface area contributed by atoms with Gasteiger partial charge in [0.25, 0.3) is 0 Å². The van der Waals surface area contributed by atoms with Crippen LogP contribution in [0.5, 0.6) is 11.9 Å². The topological polar surface area (TPSA) is 110 Å². The molecule has 2 bridgehead atoms. The predicted octanol–water partition coefficient (Wildman–Crippen LogP) is 3.32. The van der Waals surface area contributed by atoms with E-state index in [0.29, 0.717) is 17.7 Å². The number of piperazine rings is 1. The van der Waals surface area contributed by atoms with E-state index in [1.54, 1.807) is 0 Å². The van der Waals surface area contributed by atoms with Gasteiger partial charge in [0.15, 0.2) is 11.0 Å². The number of anilines is 1. The first-order chi connectivity index (χ1) is 17.1. The van der Waals surface area contributed by atoms with E-state index in [0.717, 1.165) is 25.7 Å². The summed E-state index contributed by atoms with van der Waals surface area (Å²) in [6, 6.07) is -0.518. The van der Waals surface area contributed by atoms with Crippen LogP contribution in [-0.4, -0.2) is 81.1 Å². The molecule has 5 heterocycles. The molecule has 0 aromatic carbocycles. The molecule has 12 heteroatoms. The van der Waals surface area contributed by atoms with Crippen LogP contribution < -0.4 is 14.4 Å². The van der Waals surface area contributed by atoms with E-state index >= 15 is 4.39 Å². The molecule has 2 saturated heterocycles. The standard InChI is InChI=1S/C24H29ClFN5O5/c1-23(2,3)36-22(33)31-12-4-5-13(31)14-9-34-20-15-17(16(26)18(25)28-20)27-21(29-19(15)30(14)8-12)35-11-24(10-32)6-7-24/h12-14,32H,4-11H2,1-3H3/t12-,13+,14-/m1/s1. The summed E-state index contributed by atoms with van der Waals surface area (Å²) in [6.07, 6.45) is 2.95. The molecule has 1 aliphatic carbocycles. The van der Waals surface area contributed by atoms with Crippen molar-refractivity contribution in [1.29, 1.82) is 0 Å². The van der Waals surface area contributed by atoms with Crippen LogP contribution in [0.3, 0.4) is 0 Å². The molecular weight excluding hydrogens is 493 g/mol. The van der Waals surface area contributed by atoms with Gasteiger partial charge in [-0.3, -0.25) is 4.90 Å². The number of aliphatic hydroxyl groups is 1. The van der Waals surface area contributed by atoms with Crippen LogP contribution in [0.1, 0.15) is 46.5 Å². The number of aliphatic hydroxyl groups excluding tert-OH is 1. The van der Waals surface area contributed by atoms with Crippen LogP contribution in [0, 0.1) is 11.2 Å². The van der Waals surface area contributed by atoms with Crippen LogP contribution >= 0.6 is 11.6 Å². The van der Waals surface area contributed by atoms with Crippen molar-refractivity contribution in [3.63, 3.8) is 0 Å². The van der Waals surface area contributed by atoms with Crippen LogP contribution in [0.25, 0.3) is 10.9 Å². The van der Waals surface area contributed by atoms with E-state index < -0.39 is 11.4 Å². The highest BCUT2D eigenvalue weighted by molar-refractivity contribution is 6.30. The number of pyridine rings is 1. The maximum absolute atomic E-state index is 15.2. The number of carbonyl (C=O) groups is 1. The lowest BCUT2D eigenvalue weighted by Crippen LogP contribution is -2.63. The maximum atomic E-state index is 15.2. The van der Waals surface area contributed by atoms with Gasteiger partial charge < -0.3 is 24.2 Å². The summed E-state index contributed by atoms with van der Waals surface area (Å²) in [4.78, 5) is 30.1. The second-order valence-corrected chi connectivity index (χ2v) is 11.6. The van der Waals surface area contributed by atoms with Crippen molar-refractivity contribution in [2.45, 2.75) is 70.2 Å². The third-order valence-corrected chi connectivity index (χ3v) is 7.79. The number of hydrogen-bond donors (Lipinski definition) is 1. The van der Waals surface area contributed by atoms with Crippen LogP contribution in [0.4, 0.5) is 15.0 Å². The quantitative estimate of drug-likeness (QED) is 0.606. The molecule has 3 aliphatic heterocycles. The molecule has 194 valence electrons. The molecule has 6 rings (SSSR count). The molecule has 1 amide bonds. The van der Waals surface area contributed by atoms with Crippen molar-refractivity contribution in [3.8, 4) is 11.9 Å². The van der Waals surface area contributed by atoms with Crippen molar-refractivity contribution in [1.82, 2.24) is 19.9 Å². The first kappa shape index (κ1) is 23.7. The molecular formula is C24H29ClFN5O5. The van der Waals surface area contributed by atoms with Gasteiger partial charge in [-0.25, -0.2) is 9.18 Å². The van der Waals surface area contributed by atoms with Crippen molar-refractivity contribution in [3.05, 3.63) is 11.0 Å². The molecule has 1 N–H and O–H groups in total. The number of ether oxygens (including phenoxy) is 3. The summed E-state index contributed by atoms with van der Waals surface area (Å²) in [7, 11) is 0. The Morgan fingerprint density at radius 2 is 2.03 bits per heavy atom. The van der Waals surface area contributed by atoms with E-state index in [1.165, 1.54) is 0 Å². The summed E-state index contributed by atoms with van der Waals surface area (Å²) in [5.41, 5.74) is -0.933. The van der Waals surface area contributed by atoms with Crippen molar-refractivity contribution < 1.29 is 28.5 Å². The second-order valence-electron chi connectivity index (χ2n) is 11.2. The Hall–Kier alpha value is -2.66. The number of carbonyl (C=O) groups excluding carboxylic acids is 1. The fourth-order valence-electron chi connectivity index (χ4n) is 5.44. The first-order valence-electron chi connectivity index (χ1n) is 12.3. The minimum absolute atomic E-state index is 0.00640. The average Bonchev–Trinajstić information content (AvgIpc) is 3.56. The molecule has 1 saturated carbocycles. The van der Waals surface area contributed by atoms with Gasteiger partial charge in [0.2, 0.25) is 5.88 Å². The molecule has 2 aromatic rings. The summed E-state index contributed by atoms with van der Waals surface area (Å²) >= 11 is 6.09. The highest BCUT2D eigenvalue weighted by Gasteiger charge is 2.52. The zero-order valence-electron chi connectivity index (χ0n) is 20.5. The maximum Gasteiger partial charge on any atom is 0.410 e. The Balaban J connectivity index is 1.40. The van der Waals surface area contributed by atoms with Gasteiger partial charge in [0.05, 0.1) is 31.3 Å². The molecule has 3 fully saturated rings. The number of rotatable bonds is 4. The summed E-state index contributed by atoms with van der Waals surface area (Å²) in [5.74, 6) is -0.171. The predicted molar refractivity (Wildman–Crippen MR) is 128 cm³/mol. The van der Waals surface area contributed by atoms with E-state index in [1.807, 2.05) is 25.7 Å². The third kappa shape index (κ3) is 3.87. The lowest BCUT2D eigenvalue weighted by molar-refractivity contribution is 0.00538. The smallest absolute Gasteiger partial charge is 0.410 e. The third-order valence-electron chi connectivity index (χ3n) is 7.54.